The molecule has 0 atom stereocenters. The van der Waals surface area contributed by atoms with Crippen LogP contribution in [0.4, 0.5) is 0 Å². The van der Waals surface area contributed by atoms with Gasteiger partial charge in [-0.2, -0.15) is 11.3 Å². The third-order valence-electron chi connectivity index (χ3n) is 2.65. The highest BCUT2D eigenvalue weighted by Gasteiger charge is 2.12. The number of Topliss-reactive ketones (excluding diaryl/α,β-unsaturated/α-hetero) is 1. The molecule has 0 aliphatic heterocycles. The second-order valence-corrected chi connectivity index (χ2v) is 4.66. The van der Waals surface area contributed by atoms with Gasteiger partial charge in [-0.25, -0.2) is 0 Å². The van der Waals surface area contributed by atoms with Gasteiger partial charge in [-0.15, -0.1) is 0 Å². The van der Waals surface area contributed by atoms with E-state index in [1.165, 1.54) is 0 Å². The lowest BCUT2D eigenvalue weighted by atomic mass is 10.1. The summed E-state index contributed by atoms with van der Waals surface area (Å²) in [6.07, 6.45) is 0.406. The molecule has 0 fully saturated rings. The van der Waals surface area contributed by atoms with Gasteiger partial charge in [0.05, 0.1) is 0 Å². The average Bonchev–Trinajstić information content (AvgIpc) is 2.96. The van der Waals surface area contributed by atoms with E-state index < -0.39 is 0 Å². The van der Waals surface area contributed by atoms with Crippen molar-refractivity contribution in [1.29, 1.82) is 0 Å². The average molecular weight is 242 g/mol. The molecule has 0 bridgehead atoms. The molecule has 0 aliphatic rings. The Labute approximate surface area is 102 Å². The summed E-state index contributed by atoms with van der Waals surface area (Å²) >= 11 is 1.60. The van der Waals surface area contributed by atoms with Crippen LogP contribution >= 0.6 is 11.3 Å². The molecule has 0 saturated heterocycles. The first-order valence-electron chi connectivity index (χ1n) is 5.36. The van der Waals surface area contributed by atoms with E-state index in [0.717, 1.165) is 16.5 Å². The summed E-state index contributed by atoms with van der Waals surface area (Å²) in [6.45, 7) is 0. The molecule has 2 nitrogen and oxygen atoms in total. The first kappa shape index (κ1) is 10.3. The monoisotopic (exact) mass is 242 g/mol. The van der Waals surface area contributed by atoms with Gasteiger partial charge < -0.3 is 4.42 Å². The molecule has 3 rings (SSSR count). The minimum Gasteiger partial charge on any atom is -0.453 e. The summed E-state index contributed by atoms with van der Waals surface area (Å²) in [5, 5.41) is 4.93. The number of rotatable bonds is 3. The molecule has 2 aromatic heterocycles. The Kier molecular flexibility index (Phi) is 2.53. The van der Waals surface area contributed by atoms with Gasteiger partial charge in [0, 0.05) is 11.8 Å². The van der Waals surface area contributed by atoms with Crippen LogP contribution in [0.1, 0.15) is 16.1 Å². The SMILES string of the molecule is O=C(Cc1ccsc1)c1cc2ccccc2o1. The molecule has 2 heterocycles. The number of hydrogen-bond acceptors (Lipinski definition) is 3. The van der Waals surface area contributed by atoms with Gasteiger partial charge in [0.25, 0.3) is 0 Å². The van der Waals surface area contributed by atoms with Gasteiger partial charge in [0.1, 0.15) is 5.58 Å². The summed E-state index contributed by atoms with van der Waals surface area (Å²) < 4.78 is 5.53. The molecule has 0 amide bonds. The van der Waals surface area contributed by atoms with Gasteiger partial charge in [-0.1, -0.05) is 18.2 Å². The van der Waals surface area contributed by atoms with Crippen LogP contribution in [0.3, 0.4) is 0 Å². The Morgan fingerprint density at radius 2 is 2.12 bits per heavy atom. The predicted octanol–water partition coefficient (Wildman–Crippen LogP) is 3.92. The molecular weight excluding hydrogens is 232 g/mol. The molecule has 0 aliphatic carbocycles. The lowest BCUT2D eigenvalue weighted by molar-refractivity contribution is 0.0968. The number of carbonyl (C=O) groups is 1. The van der Waals surface area contributed by atoms with Gasteiger partial charge in [0.15, 0.2) is 5.76 Å². The van der Waals surface area contributed by atoms with Gasteiger partial charge >= 0.3 is 0 Å². The van der Waals surface area contributed by atoms with E-state index >= 15 is 0 Å². The quantitative estimate of drug-likeness (QED) is 0.652. The summed E-state index contributed by atoms with van der Waals surface area (Å²) in [4.78, 5) is 12.0. The van der Waals surface area contributed by atoms with Crippen molar-refractivity contribution in [3.8, 4) is 0 Å². The Bertz CT molecular complexity index is 617. The van der Waals surface area contributed by atoms with Crippen molar-refractivity contribution >= 4 is 28.1 Å². The molecule has 1 aromatic carbocycles. The second-order valence-electron chi connectivity index (χ2n) is 3.88. The first-order valence-corrected chi connectivity index (χ1v) is 6.30. The number of thiophene rings is 1. The molecule has 3 heteroatoms. The van der Waals surface area contributed by atoms with Crippen LogP contribution in [0, 0.1) is 0 Å². The standard InChI is InChI=1S/C14H10O2S/c15-12(7-10-5-6-17-9-10)14-8-11-3-1-2-4-13(11)16-14/h1-6,8-9H,7H2. The van der Waals surface area contributed by atoms with E-state index in [1.54, 1.807) is 11.3 Å². The molecule has 84 valence electrons. The van der Waals surface area contributed by atoms with Crippen molar-refractivity contribution in [1.82, 2.24) is 0 Å². The van der Waals surface area contributed by atoms with E-state index in [-0.39, 0.29) is 5.78 Å². The Morgan fingerprint density at radius 3 is 2.88 bits per heavy atom. The molecule has 0 unspecified atom stereocenters. The zero-order valence-electron chi connectivity index (χ0n) is 9.05. The second kappa shape index (κ2) is 4.18. The van der Waals surface area contributed by atoms with Crippen LogP contribution in [0.25, 0.3) is 11.0 Å². The molecule has 17 heavy (non-hydrogen) atoms. The molecule has 0 N–H and O–H groups in total. The fourth-order valence-corrected chi connectivity index (χ4v) is 2.45. The summed E-state index contributed by atoms with van der Waals surface area (Å²) in [6, 6.07) is 11.4. The summed E-state index contributed by atoms with van der Waals surface area (Å²) in [5.41, 5.74) is 1.81. The Balaban J connectivity index is 1.90. The van der Waals surface area contributed by atoms with Crippen LogP contribution in [-0.2, 0) is 6.42 Å². The minimum atomic E-state index is 0.0274. The van der Waals surface area contributed by atoms with Gasteiger partial charge in [0.2, 0.25) is 5.78 Å². The van der Waals surface area contributed by atoms with Gasteiger partial charge in [-0.05, 0) is 34.5 Å². The number of furan rings is 1. The number of para-hydroxylation sites is 1. The molecule has 3 aromatic rings. The van der Waals surface area contributed by atoms with E-state index in [2.05, 4.69) is 0 Å². The smallest absolute Gasteiger partial charge is 0.202 e. The van der Waals surface area contributed by atoms with Crippen molar-refractivity contribution < 1.29 is 9.21 Å². The lowest BCUT2D eigenvalue weighted by Gasteiger charge is -1.93. The molecule has 0 saturated carbocycles. The number of ketones is 1. The van der Waals surface area contributed by atoms with Crippen molar-refractivity contribution in [3.63, 3.8) is 0 Å². The lowest BCUT2D eigenvalue weighted by Crippen LogP contribution is -2.00. The van der Waals surface area contributed by atoms with E-state index in [9.17, 15) is 4.79 Å². The van der Waals surface area contributed by atoms with E-state index in [1.807, 2.05) is 47.2 Å². The minimum absolute atomic E-state index is 0.0274. The maximum Gasteiger partial charge on any atom is 0.202 e. The Morgan fingerprint density at radius 1 is 1.24 bits per heavy atom. The highest BCUT2D eigenvalue weighted by molar-refractivity contribution is 7.08. The Hall–Kier alpha value is -1.87. The summed E-state index contributed by atoms with van der Waals surface area (Å²) in [5.74, 6) is 0.469. The van der Waals surface area contributed by atoms with Crippen molar-refractivity contribution in [2.75, 3.05) is 0 Å². The van der Waals surface area contributed by atoms with Crippen LogP contribution in [0.5, 0.6) is 0 Å². The highest BCUT2D eigenvalue weighted by atomic mass is 32.1. The zero-order chi connectivity index (χ0) is 11.7. The number of hydrogen-bond donors (Lipinski definition) is 0. The van der Waals surface area contributed by atoms with Crippen LogP contribution < -0.4 is 0 Å². The van der Waals surface area contributed by atoms with Crippen molar-refractivity contribution in [2.45, 2.75) is 6.42 Å². The molecular formula is C14H10O2S. The fourth-order valence-electron chi connectivity index (χ4n) is 1.79. The third kappa shape index (κ3) is 2.01. The third-order valence-corrected chi connectivity index (χ3v) is 3.38. The molecule has 0 spiro atoms. The van der Waals surface area contributed by atoms with Crippen LogP contribution in [0.15, 0.2) is 51.6 Å². The topological polar surface area (TPSA) is 30.2 Å². The van der Waals surface area contributed by atoms with Gasteiger partial charge in [-0.3, -0.25) is 4.79 Å². The van der Waals surface area contributed by atoms with Crippen LogP contribution in [0.2, 0.25) is 0 Å². The predicted molar refractivity (Wildman–Crippen MR) is 68.6 cm³/mol. The first-order chi connectivity index (χ1) is 8.33. The highest BCUT2D eigenvalue weighted by Crippen LogP contribution is 2.20. The van der Waals surface area contributed by atoms with Crippen molar-refractivity contribution in [3.05, 3.63) is 58.5 Å². The van der Waals surface area contributed by atoms with Crippen LogP contribution in [-0.4, -0.2) is 5.78 Å². The molecule has 0 radical (unpaired) electrons. The summed E-state index contributed by atoms with van der Waals surface area (Å²) in [7, 11) is 0. The maximum atomic E-state index is 12.0. The van der Waals surface area contributed by atoms with E-state index in [4.69, 9.17) is 4.42 Å². The van der Waals surface area contributed by atoms with E-state index in [0.29, 0.717) is 12.2 Å². The number of benzene rings is 1. The zero-order valence-corrected chi connectivity index (χ0v) is 9.87. The number of carbonyl (C=O) groups excluding carboxylic acids is 1. The van der Waals surface area contributed by atoms with Crippen molar-refractivity contribution in [2.24, 2.45) is 0 Å². The maximum absolute atomic E-state index is 12.0. The largest absolute Gasteiger partial charge is 0.453 e. The fraction of sp³-hybridized carbons (Fsp3) is 0.0714. The number of fused-ring (bicyclic) bond motifs is 1. The normalized spacial score (nSPS) is 10.8.